The minimum atomic E-state index is -1.26. The minimum Gasteiger partial charge on any atom is -0.369 e. The van der Waals surface area contributed by atoms with E-state index >= 15 is 0 Å². The molecule has 0 spiro atoms. The van der Waals surface area contributed by atoms with Crippen molar-refractivity contribution in [3.05, 3.63) is 18.6 Å². The molecule has 0 aromatic rings. The first-order chi connectivity index (χ1) is 5.59. The van der Waals surface area contributed by atoms with E-state index in [1.165, 1.54) is 0 Å². The Morgan fingerprint density at radius 2 is 1.75 bits per heavy atom. The van der Waals surface area contributed by atoms with E-state index in [-0.39, 0.29) is 6.42 Å². The highest BCUT2D eigenvalue weighted by molar-refractivity contribution is 6.05. The summed E-state index contributed by atoms with van der Waals surface area (Å²) in [5.74, 6) is -1.33. The number of hydrogen-bond donors (Lipinski definition) is 2. The van der Waals surface area contributed by atoms with E-state index in [1.54, 1.807) is 12.5 Å². The third-order valence-corrected chi connectivity index (χ3v) is 2.09. The van der Waals surface area contributed by atoms with Gasteiger partial charge in [0.05, 0.1) is 0 Å². The fraction of sp³-hybridized carbons (Fsp3) is 0.375. The van der Waals surface area contributed by atoms with Crippen molar-refractivity contribution in [3.8, 4) is 0 Å². The van der Waals surface area contributed by atoms with Crippen molar-refractivity contribution in [2.24, 2.45) is 16.9 Å². The summed E-state index contributed by atoms with van der Waals surface area (Å²) in [7, 11) is 0. The summed E-state index contributed by atoms with van der Waals surface area (Å²) in [5, 5.41) is 0. The van der Waals surface area contributed by atoms with Crippen molar-refractivity contribution in [1.82, 2.24) is 0 Å². The van der Waals surface area contributed by atoms with Crippen molar-refractivity contribution < 1.29 is 9.59 Å². The van der Waals surface area contributed by atoms with Gasteiger partial charge in [0.25, 0.3) is 0 Å². The van der Waals surface area contributed by atoms with Crippen LogP contribution in [0.15, 0.2) is 12.2 Å². The van der Waals surface area contributed by atoms with Crippen LogP contribution in [0.2, 0.25) is 0 Å². The summed E-state index contributed by atoms with van der Waals surface area (Å²) < 4.78 is 0. The number of primary amides is 2. The maximum absolute atomic E-state index is 11.0. The lowest BCUT2D eigenvalue weighted by molar-refractivity contribution is -0.137. The van der Waals surface area contributed by atoms with Crippen molar-refractivity contribution in [1.29, 1.82) is 0 Å². The quantitative estimate of drug-likeness (QED) is 0.429. The van der Waals surface area contributed by atoms with Gasteiger partial charge in [-0.15, -0.1) is 0 Å². The normalized spacial score (nSPS) is 20.3. The summed E-state index contributed by atoms with van der Waals surface area (Å²) in [6, 6.07) is 0. The Balaban J connectivity index is 2.94. The van der Waals surface area contributed by atoms with E-state index in [2.05, 4.69) is 0 Å². The largest absolute Gasteiger partial charge is 0.369 e. The third-order valence-electron chi connectivity index (χ3n) is 2.09. The highest BCUT2D eigenvalue weighted by Gasteiger charge is 2.42. The van der Waals surface area contributed by atoms with Crippen molar-refractivity contribution in [2.75, 3.05) is 0 Å². The fourth-order valence-corrected chi connectivity index (χ4v) is 1.24. The zero-order chi connectivity index (χ0) is 9.19. The summed E-state index contributed by atoms with van der Waals surface area (Å²) in [6.07, 6.45) is 6.03. The van der Waals surface area contributed by atoms with Crippen LogP contribution in [0.3, 0.4) is 0 Å². The molecule has 0 heterocycles. The highest BCUT2D eigenvalue weighted by atomic mass is 16.2. The average molecular weight is 167 g/mol. The lowest BCUT2D eigenvalue weighted by Crippen LogP contribution is -2.48. The number of nitrogens with two attached hydrogens (primary N) is 2. The van der Waals surface area contributed by atoms with Crippen LogP contribution in [0.4, 0.5) is 0 Å². The molecule has 1 aliphatic rings. The predicted molar refractivity (Wildman–Crippen MR) is 43.5 cm³/mol. The molecule has 1 rings (SSSR count). The summed E-state index contributed by atoms with van der Waals surface area (Å²) in [4.78, 5) is 21.9. The van der Waals surface area contributed by atoms with E-state index in [0.29, 0.717) is 6.42 Å². The molecule has 0 fully saturated rings. The fourth-order valence-electron chi connectivity index (χ4n) is 1.24. The van der Waals surface area contributed by atoms with E-state index in [9.17, 15) is 9.59 Å². The van der Waals surface area contributed by atoms with Gasteiger partial charge in [-0.2, -0.15) is 0 Å². The van der Waals surface area contributed by atoms with E-state index in [4.69, 9.17) is 11.5 Å². The second-order valence-electron chi connectivity index (χ2n) is 2.82. The topological polar surface area (TPSA) is 86.2 Å². The van der Waals surface area contributed by atoms with Gasteiger partial charge < -0.3 is 11.5 Å². The van der Waals surface area contributed by atoms with Crippen LogP contribution < -0.4 is 11.5 Å². The molecule has 2 amide bonds. The molecular formula is C8H11N2O2. The van der Waals surface area contributed by atoms with E-state index in [0.717, 1.165) is 0 Å². The molecule has 0 aromatic carbocycles. The van der Waals surface area contributed by atoms with Gasteiger partial charge in [0, 0.05) is 0 Å². The van der Waals surface area contributed by atoms with Crippen LogP contribution >= 0.6 is 0 Å². The highest BCUT2D eigenvalue weighted by Crippen LogP contribution is 2.30. The lowest BCUT2D eigenvalue weighted by Gasteiger charge is -2.27. The second-order valence-corrected chi connectivity index (χ2v) is 2.82. The van der Waals surface area contributed by atoms with Gasteiger partial charge in [-0.05, 0) is 19.3 Å². The Hall–Kier alpha value is -1.32. The molecule has 0 aliphatic heterocycles. The Labute approximate surface area is 70.6 Å². The maximum Gasteiger partial charge on any atom is 0.233 e. The molecule has 0 saturated carbocycles. The van der Waals surface area contributed by atoms with Crippen LogP contribution in [0, 0.1) is 11.8 Å². The van der Waals surface area contributed by atoms with Crippen LogP contribution in [0.25, 0.3) is 0 Å². The van der Waals surface area contributed by atoms with Gasteiger partial charge >= 0.3 is 0 Å². The predicted octanol–water partition coefficient (Wildman–Crippen LogP) is -0.502. The average Bonchev–Trinajstić information content (AvgIpc) is 2.05. The Kier molecular flexibility index (Phi) is 2.17. The smallest absolute Gasteiger partial charge is 0.233 e. The molecule has 1 aliphatic carbocycles. The number of carbonyl (C=O) groups excluding carboxylic acids is 2. The molecule has 0 aromatic heterocycles. The van der Waals surface area contributed by atoms with Gasteiger partial charge in [0.1, 0.15) is 5.41 Å². The maximum atomic E-state index is 11.0. The SMILES string of the molecule is NC(=O)C1(C(N)=O)[CH]CC=CC1. The van der Waals surface area contributed by atoms with Gasteiger partial charge in [0.15, 0.2) is 0 Å². The van der Waals surface area contributed by atoms with E-state index in [1.807, 2.05) is 6.08 Å². The zero-order valence-electron chi connectivity index (χ0n) is 6.62. The van der Waals surface area contributed by atoms with Gasteiger partial charge in [0.2, 0.25) is 11.8 Å². The van der Waals surface area contributed by atoms with Crippen molar-refractivity contribution >= 4 is 11.8 Å². The molecule has 0 atom stereocenters. The Morgan fingerprint density at radius 3 is 2.00 bits per heavy atom. The third kappa shape index (κ3) is 1.20. The van der Waals surface area contributed by atoms with Crippen LogP contribution in [-0.4, -0.2) is 11.8 Å². The van der Waals surface area contributed by atoms with Crippen molar-refractivity contribution in [3.63, 3.8) is 0 Å². The lowest BCUT2D eigenvalue weighted by atomic mass is 9.76. The number of amides is 2. The van der Waals surface area contributed by atoms with Crippen LogP contribution in [-0.2, 0) is 9.59 Å². The molecule has 4 nitrogen and oxygen atoms in total. The first-order valence-corrected chi connectivity index (χ1v) is 3.69. The Bertz CT molecular complexity index is 231. The first kappa shape index (κ1) is 8.77. The van der Waals surface area contributed by atoms with Gasteiger partial charge in [-0.3, -0.25) is 9.59 Å². The molecule has 4 heteroatoms. The van der Waals surface area contributed by atoms with Gasteiger partial charge in [-0.25, -0.2) is 0 Å². The second kappa shape index (κ2) is 2.97. The van der Waals surface area contributed by atoms with Gasteiger partial charge in [-0.1, -0.05) is 12.2 Å². The first-order valence-electron chi connectivity index (χ1n) is 3.69. The molecule has 65 valence electrons. The minimum absolute atomic E-state index is 0.289. The molecule has 12 heavy (non-hydrogen) atoms. The summed E-state index contributed by atoms with van der Waals surface area (Å²) in [6.45, 7) is 0. The molecular weight excluding hydrogens is 156 g/mol. The zero-order valence-corrected chi connectivity index (χ0v) is 6.62. The molecule has 0 unspecified atom stereocenters. The standard InChI is InChI=1S/C8H11N2O2/c9-6(11)8(7(10)12)4-2-1-3-5-8/h1-2,5H,3-4H2,(H2,9,11)(H2,10,12). The summed E-state index contributed by atoms with van der Waals surface area (Å²) >= 11 is 0. The molecule has 0 bridgehead atoms. The molecule has 0 saturated heterocycles. The van der Waals surface area contributed by atoms with E-state index < -0.39 is 17.2 Å². The number of hydrogen-bond acceptors (Lipinski definition) is 2. The number of carbonyl (C=O) groups is 2. The monoisotopic (exact) mass is 167 g/mol. The molecule has 4 N–H and O–H groups in total. The Morgan fingerprint density at radius 1 is 1.17 bits per heavy atom. The summed E-state index contributed by atoms with van der Waals surface area (Å²) in [5.41, 5.74) is 8.94. The van der Waals surface area contributed by atoms with Crippen molar-refractivity contribution in [2.45, 2.75) is 12.8 Å². The molecule has 1 radical (unpaired) electrons. The van der Waals surface area contributed by atoms with Crippen LogP contribution in [0.5, 0.6) is 0 Å². The number of rotatable bonds is 2. The number of allylic oxidation sites excluding steroid dienone is 2. The van der Waals surface area contributed by atoms with Crippen LogP contribution in [0.1, 0.15) is 12.8 Å².